The molecule has 3 aromatic rings. The minimum absolute atomic E-state index is 0.0113. The van der Waals surface area contributed by atoms with E-state index in [0.717, 1.165) is 0 Å². The van der Waals surface area contributed by atoms with Gasteiger partial charge in [0.05, 0.1) is 19.7 Å². The lowest BCUT2D eigenvalue weighted by Gasteiger charge is -2.13. The van der Waals surface area contributed by atoms with Crippen molar-refractivity contribution in [2.24, 2.45) is 0 Å². The number of allylic oxidation sites excluding steroid dienone is 1. The number of hydrogen-bond acceptors (Lipinski definition) is 5. The second-order valence-corrected chi connectivity index (χ2v) is 5.65. The van der Waals surface area contributed by atoms with Gasteiger partial charge in [0.1, 0.15) is 23.6 Å². The van der Waals surface area contributed by atoms with Crippen LogP contribution in [0, 0.1) is 34.3 Å². The number of methoxy groups -OCH3 is 2. The molecule has 0 N–H and O–H groups in total. The minimum Gasteiger partial charge on any atom is -0.494 e. The molecule has 2 aromatic carbocycles. The summed E-state index contributed by atoms with van der Waals surface area (Å²) in [4.78, 5) is 4.26. The van der Waals surface area contributed by atoms with Gasteiger partial charge in [-0.1, -0.05) is 18.2 Å². The number of rotatable bonds is 4. The lowest BCUT2D eigenvalue weighted by molar-refractivity contribution is 0.369. The third kappa shape index (κ3) is 3.10. The molecule has 0 unspecified atom stereocenters. The Labute approximate surface area is 159 Å². The van der Waals surface area contributed by atoms with Crippen LogP contribution in [0.15, 0.2) is 48.0 Å². The van der Waals surface area contributed by atoms with E-state index in [1.165, 1.54) is 44.6 Å². The van der Waals surface area contributed by atoms with Crippen molar-refractivity contribution in [3.63, 3.8) is 0 Å². The molecule has 0 radical (unpaired) electrons. The normalized spacial score (nSPS) is 10.1. The summed E-state index contributed by atoms with van der Waals surface area (Å²) in [5.74, 6) is -1.44. The van der Waals surface area contributed by atoms with E-state index in [4.69, 9.17) is 20.0 Å². The molecule has 28 heavy (non-hydrogen) atoms. The Kier molecular flexibility index (Phi) is 5.19. The average molecular weight is 377 g/mol. The topological polar surface area (TPSA) is 78.9 Å². The zero-order valence-corrected chi connectivity index (χ0v) is 15.0. The molecule has 0 spiro atoms. The summed E-state index contributed by atoms with van der Waals surface area (Å²) in [7, 11) is 2.64. The van der Waals surface area contributed by atoms with E-state index < -0.39 is 11.6 Å². The Balaban J connectivity index is 2.34. The Hall–Kier alpha value is -3.97. The monoisotopic (exact) mass is 377 g/mol. The minimum atomic E-state index is -0.787. The summed E-state index contributed by atoms with van der Waals surface area (Å²) in [6.45, 7) is 0. The van der Waals surface area contributed by atoms with Gasteiger partial charge in [-0.25, -0.2) is 13.8 Å². The highest BCUT2D eigenvalue weighted by atomic mass is 19.1. The summed E-state index contributed by atoms with van der Waals surface area (Å²) in [5, 5.41) is 18.6. The van der Waals surface area contributed by atoms with Gasteiger partial charge in [0.25, 0.3) is 0 Å². The largest absolute Gasteiger partial charge is 0.494 e. The van der Waals surface area contributed by atoms with Crippen molar-refractivity contribution in [2.45, 2.75) is 0 Å². The molecular weight excluding hydrogens is 364 g/mol. The average Bonchev–Trinajstić information content (AvgIpc) is 2.72. The highest BCUT2D eigenvalue weighted by Gasteiger charge is 2.20. The van der Waals surface area contributed by atoms with Crippen molar-refractivity contribution in [3.8, 4) is 29.1 Å². The highest BCUT2D eigenvalue weighted by Crippen LogP contribution is 2.36. The second kappa shape index (κ2) is 7.73. The molecule has 3 rings (SSSR count). The molecule has 0 aliphatic carbocycles. The maximum Gasteiger partial charge on any atom is 0.192 e. The summed E-state index contributed by atoms with van der Waals surface area (Å²) in [6.07, 6.45) is 0. The van der Waals surface area contributed by atoms with Crippen LogP contribution in [0.3, 0.4) is 0 Å². The van der Waals surface area contributed by atoms with Crippen molar-refractivity contribution in [2.75, 3.05) is 14.2 Å². The van der Waals surface area contributed by atoms with E-state index in [-0.39, 0.29) is 28.3 Å². The fourth-order valence-corrected chi connectivity index (χ4v) is 2.87. The number of nitriles is 2. The zero-order chi connectivity index (χ0) is 20.3. The molecule has 0 atom stereocenters. The molecule has 0 aliphatic heterocycles. The van der Waals surface area contributed by atoms with Gasteiger partial charge in [-0.05, 0) is 24.3 Å². The van der Waals surface area contributed by atoms with Gasteiger partial charge in [0.15, 0.2) is 22.9 Å². The van der Waals surface area contributed by atoms with Crippen molar-refractivity contribution in [3.05, 3.63) is 65.2 Å². The van der Waals surface area contributed by atoms with E-state index >= 15 is 0 Å². The Morgan fingerprint density at radius 2 is 1.75 bits per heavy atom. The Morgan fingerprint density at radius 1 is 1.04 bits per heavy atom. The van der Waals surface area contributed by atoms with Gasteiger partial charge in [0.2, 0.25) is 0 Å². The van der Waals surface area contributed by atoms with Gasteiger partial charge in [0, 0.05) is 16.5 Å². The Morgan fingerprint density at radius 3 is 2.36 bits per heavy atom. The first kappa shape index (κ1) is 18.8. The van der Waals surface area contributed by atoms with Crippen LogP contribution in [0.25, 0.3) is 27.9 Å². The quantitative estimate of drug-likeness (QED) is 0.491. The van der Waals surface area contributed by atoms with Crippen LogP contribution in [-0.2, 0) is 4.74 Å². The fraction of sp³-hybridized carbons (Fsp3) is 0.0952. The van der Waals surface area contributed by atoms with Crippen LogP contribution in [-0.4, -0.2) is 19.2 Å². The first-order chi connectivity index (χ1) is 13.5. The molecule has 7 heteroatoms. The molecule has 0 amide bonds. The maximum atomic E-state index is 15.0. The predicted octanol–water partition coefficient (Wildman–Crippen LogP) is 4.59. The standard InChI is InChI=1S/C21H13F2N3O2/c1-27-20(13(10-24)11-25)12-7-8-15-17(9-12)26-19(18(23)21(15)28-2)14-5-3-4-6-16(14)22/h3-9H,1-2H3. The lowest BCUT2D eigenvalue weighted by Crippen LogP contribution is -2.00. The number of pyridine rings is 1. The van der Waals surface area contributed by atoms with Crippen molar-refractivity contribution in [1.82, 2.24) is 4.98 Å². The zero-order valence-electron chi connectivity index (χ0n) is 15.0. The first-order valence-corrected chi connectivity index (χ1v) is 8.06. The summed E-state index contributed by atoms with van der Waals surface area (Å²) in [5.41, 5.74) is 0.254. The van der Waals surface area contributed by atoms with Crippen LogP contribution < -0.4 is 4.74 Å². The van der Waals surface area contributed by atoms with Gasteiger partial charge in [-0.3, -0.25) is 0 Å². The number of benzene rings is 2. The van der Waals surface area contributed by atoms with E-state index in [9.17, 15) is 8.78 Å². The van der Waals surface area contributed by atoms with Crippen LogP contribution in [0.4, 0.5) is 8.78 Å². The molecular formula is C21H13F2N3O2. The van der Waals surface area contributed by atoms with E-state index in [2.05, 4.69) is 4.98 Å². The molecule has 0 saturated carbocycles. The van der Waals surface area contributed by atoms with Crippen molar-refractivity contribution in [1.29, 1.82) is 10.5 Å². The first-order valence-electron chi connectivity index (χ1n) is 8.06. The third-order valence-electron chi connectivity index (χ3n) is 4.13. The maximum absolute atomic E-state index is 15.0. The summed E-state index contributed by atoms with van der Waals surface area (Å²) in [6, 6.07) is 13.8. The molecule has 1 aromatic heterocycles. The summed E-state index contributed by atoms with van der Waals surface area (Å²) >= 11 is 0. The van der Waals surface area contributed by atoms with E-state index in [1.807, 2.05) is 0 Å². The van der Waals surface area contributed by atoms with Crippen LogP contribution >= 0.6 is 0 Å². The number of halogens is 2. The molecule has 0 aliphatic rings. The molecule has 5 nitrogen and oxygen atoms in total. The number of hydrogen-bond donors (Lipinski definition) is 0. The van der Waals surface area contributed by atoms with Crippen LogP contribution in [0.1, 0.15) is 5.56 Å². The predicted molar refractivity (Wildman–Crippen MR) is 98.8 cm³/mol. The van der Waals surface area contributed by atoms with Gasteiger partial charge >= 0.3 is 0 Å². The molecule has 1 heterocycles. The Bertz CT molecular complexity index is 1170. The third-order valence-corrected chi connectivity index (χ3v) is 4.13. The highest BCUT2D eigenvalue weighted by molar-refractivity contribution is 5.91. The summed E-state index contributed by atoms with van der Waals surface area (Å²) < 4.78 is 39.5. The van der Waals surface area contributed by atoms with Crippen molar-refractivity contribution < 1.29 is 18.3 Å². The van der Waals surface area contributed by atoms with Gasteiger partial charge in [-0.15, -0.1) is 0 Å². The van der Waals surface area contributed by atoms with Crippen LogP contribution in [0.5, 0.6) is 5.75 Å². The number of nitrogens with zero attached hydrogens (tertiary/aromatic N) is 3. The number of aromatic nitrogens is 1. The molecule has 0 bridgehead atoms. The molecule has 138 valence electrons. The molecule has 0 fully saturated rings. The van der Waals surface area contributed by atoms with E-state index in [0.29, 0.717) is 16.5 Å². The van der Waals surface area contributed by atoms with Crippen LogP contribution in [0.2, 0.25) is 0 Å². The lowest BCUT2D eigenvalue weighted by atomic mass is 10.0. The van der Waals surface area contributed by atoms with E-state index in [1.54, 1.807) is 24.3 Å². The number of fused-ring (bicyclic) bond motifs is 1. The SMILES string of the molecule is COC(=C(C#N)C#N)c1ccc2c(OC)c(F)c(-c3ccccc3F)nc2c1. The smallest absolute Gasteiger partial charge is 0.192 e. The van der Waals surface area contributed by atoms with Gasteiger partial charge in [-0.2, -0.15) is 10.5 Å². The van der Waals surface area contributed by atoms with Gasteiger partial charge < -0.3 is 9.47 Å². The van der Waals surface area contributed by atoms with Crippen molar-refractivity contribution >= 4 is 16.7 Å². The second-order valence-electron chi connectivity index (χ2n) is 5.65. The number of ether oxygens (including phenoxy) is 2. The molecule has 0 saturated heterocycles. The fourth-order valence-electron chi connectivity index (χ4n) is 2.87.